The van der Waals surface area contributed by atoms with E-state index in [0.717, 1.165) is 26.5 Å². The molecule has 2 N–H and O–H groups in total. The monoisotopic (exact) mass is 659 g/mol. The fourth-order valence-electron chi connectivity index (χ4n) is 4.39. The average molecular weight is 661 g/mol. The lowest BCUT2D eigenvalue weighted by Crippen LogP contribution is -2.19. The van der Waals surface area contributed by atoms with Crippen molar-refractivity contribution in [2.75, 3.05) is 6.79 Å². The van der Waals surface area contributed by atoms with E-state index in [1.54, 1.807) is 30.3 Å². The fraction of sp³-hybridized carbons (Fsp3) is 0.0333. The number of hydrazone groups is 1. The van der Waals surface area contributed by atoms with Crippen LogP contribution >= 0.6 is 31.9 Å². The number of halogens is 2. The van der Waals surface area contributed by atoms with Gasteiger partial charge in [-0.25, -0.2) is 10.2 Å². The third-order valence-electron chi connectivity index (χ3n) is 6.21. The number of esters is 1. The van der Waals surface area contributed by atoms with Gasteiger partial charge in [-0.15, -0.1) is 0 Å². The first kappa shape index (κ1) is 25.8. The molecule has 0 spiro atoms. The SMILES string of the molecule is O=C(Oc1c(Br)cc(Br)cc1C=NNC(=O)c1[nH]c2ccccc2c1-c1ccccc1)c1ccc2c(c1)OCO2. The van der Waals surface area contributed by atoms with Crippen LogP contribution in [0.25, 0.3) is 22.0 Å². The third-order valence-corrected chi connectivity index (χ3v) is 7.25. The maximum Gasteiger partial charge on any atom is 0.343 e. The van der Waals surface area contributed by atoms with Crippen LogP contribution in [0, 0.1) is 0 Å². The summed E-state index contributed by atoms with van der Waals surface area (Å²) >= 11 is 6.91. The standard InChI is InChI=1S/C30H19Br2N3O5/c31-20-12-19(28(22(32)14-20)40-30(37)18-10-11-24-25(13-18)39-16-38-24)15-33-35-29(36)27-26(17-6-2-1-3-7-17)21-8-4-5-9-23(21)34-27/h1-15,34H,16H2,(H,35,36). The van der Waals surface area contributed by atoms with Gasteiger partial charge in [-0.05, 0) is 57.9 Å². The van der Waals surface area contributed by atoms with Crippen molar-refractivity contribution in [3.8, 4) is 28.4 Å². The number of rotatable bonds is 6. The molecule has 0 saturated heterocycles. The number of benzene rings is 4. The molecule has 2 heterocycles. The van der Waals surface area contributed by atoms with Gasteiger partial charge in [-0.2, -0.15) is 5.10 Å². The van der Waals surface area contributed by atoms with E-state index < -0.39 is 11.9 Å². The molecule has 0 radical (unpaired) electrons. The number of para-hydroxylation sites is 1. The first-order valence-electron chi connectivity index (χ1n) is 12.1. The van der Waals surface area contributed by atoms with Crippen molar-refractivity contribution < 1.29 is 23.8 Å². The number of ether oxygens (including phenoxy) is 3. The number of aromatic nitrogens is 1. The van der Waals surface area contributed by atoms with E-state index in [9.17, 15) is 9.59 Å². The van der Waals surface area contributed by atoms with E-state index in [0.29, 0.717) is 32.8 Å². The van der Waals surface area contributed by atoms with Crippen LogP contribution < -0.4 is 19.6 Å². The van der Waals surface area contributed by atoms with Gasteiger partial charge in [0.05, 0.1) is 16.3 Å². The Hall–Kier alpha value is -4.41. The number of nitrogens with zero attached hydrogens (tertiary/aromatic N) is 1. The van der Waals surface area contributed by atoms with E-state index >= 15 is 0 Å². The molecule has 40 heavy (non-hydrogen) atoms. The largest absolute Gasteiger partial charge is 0.454 e. The highest BCUT2D eigenvalue weighted by atomic mass is 79.9. The molecule has 10 heteroatoms. The van der Waals surface area contributed by atoms with Crippen molar-refractivity contribution in [3.63, 3.8) is 0 Å². The summed E-state index contributed by atoms with van der Waals surface area (Å²) in [7, 11) is 0. The van der Waals surface area contributed by atoms with Crippen LogP contribution in [-0.4, -0.2) is 29.9 Å². The van der Waals surface area contributed by atoms with Gasteiger partial charge in [-0.3, -0.25) is 4.79 Å². The second-order valence-electron chi connectivity index (χ2n) is 8.75. The number of H-pyrrole nitrogens is 1. The Labute approximate surface area is 245 Å². The zero-order valence-corrected chi connectivity index (χ0v) is 23.8. The van der Waals surface area contributed by atoms with Crippen LogP contribution in [0.3, 0.4) is 0 Å². The fourth-order valence-corrected chi connectivity index (χ4v) is 5.73. The summed E-state index contributed by atoms with van der Waals surface area (Å²) in [6.07, 6.45) is 1.42. The number of nitrogens with one attached hydrogen (secondary N) is 2. The average Bonchev–Trinajstić information content (AvgIpc) is 3.59. The Morgan fingerprint density at radius 2 is 1.70 bits per heavy atom. The minimum atomic E-state index is -0.592. The van der Waals surface area contributed by atoms with E-state index in [1.165, 1.54) is 6.21 Å². The van der Waals surface area contributed by atoms with Gasteiger partial charge in [0.15, 0.2) is 17.2 Å². The molecular weight excluding hydrogens is 642 g/mol. The molecule has 5 aromatic rings. The summed E-state index contributed by atoms with van der Waals surface area (Å²) in [5.74, 6) is 0.264. The van der Waals surface area contributed by atoms with Crippen LogP contribution in [-0.2, 0) is 0 Å². The van der Waals surface area contributed by atoms with Gasteiger partial charge >= 0.3 is 5.97 Å². The number of hydrogen-bond donors (Lipinski definition) is 2. The number of fused-ring (bicyclic) bond motifs is 2. The number of aromatic amines is 1. The molecule has 1 amide bonds. The second kappa shape index (κ2) is 11.0. The minimum Gasteiger partial charge on any atom is -0.454 e. The first-order valence-corrected chi connectivity index (χ1v) is 13.7. The van der Waals surface area contributed by atoms with Crippen LogP contribution in [0.1, 0.15) is 26.4 Å². The Balaban J connectivity index is 1.26. The minimum absolute atomic E-state index is 0.101. The molecule has 0 bridgehead atoms. The molecule has 0 unspecified atom stereocenters. The molecule has 198 valence electrons. The highest BCUT2D eigenvalue weighted by molar-refractivity contribution is 9.11. The highest BCUT2D eigenvalue weighted by Gasteiger charge is 2.21. The Bertz CT molecular complexity index is 1800. The smallest absolute Gasteiger partial charge is 0.343 e. The van der Waals surface area contributed by atoms with Gasteiger partial charge in [0.25, 0.3) is 5.91 Å². The maximum absolute atomic E-state index is 13.3. The summed E-state index contributed by atoms with van der Waals surface area (Å²) < 4.78 is 17.6. The predicted molar refractivity (Wildman–Crippen MR) is 158 cm³/mol. The molecule has 0 atom stereocenters. The summed E-state index contributed by atoms with van der Waals surface area (Å²) in [6.45, 7) is 0.101. The Kier molecular flexibility index (Phi) is 7.10. The summed E-state index contributed by atoms with van der Waals surface area (Å²) in [5, 5.41) is 5.11. The van der Waals surface area contributed by atoms with Crippen molar-refractivity contribution in [2.24, 2.45) is 5.10 Å². The van der Waals surface area contributed by atoms with Gasteiger partial charge < -0.3 is 19.2 Å². The molecule has 4 aromatic carbocycles. The van der Waals surface area contributed by atoms with Crippen molar-refractivity contribution >= 4 is 60.9 Å². The summed E-state index contributed by atoms with van der Waals surface area (Å²) in [6, 6.07) is 25.7. The topological polar surface area (TPSA) is 102 Å². The molecule has 1 aliphatic heterocycles. The third kappa shape index (κ3) is 5.11. The Morgan fingerprint density at radius 3 is 2.55 bits per heavy atom. The highest BCUT2D eigenvalue weighted by Crippen LogP contribution is 2.36. The van der Waals surface area contributed by atoms with Gasteiger partial charge in [0, 0.05) is 26.5 Å². The van der Waals surface area contributed by atoms with Crippen LogP contribution in [0.15, 0.2) is 99.0 Å². The quantitative estimate of drug-likeness (QED) is 0.0878. The molecule has 1 aromatic heterocycles. The summed E-state index contributed by atoms with van der Waals surface area (Å²) in [4.78, 5) is 29.5. The maximum atomic E-state index is 13.3. The van der Waals surface area contributed by atoms with Crippen LogP contribution in [0.2, 0.25) is 0 Å². The molecule has 0 fully saturated rings. The second-order valence-corrected chi connectivity index (χ2v) is 10.5. The van der Waals surface area contributed by atoms with Crippen molar-refractivity contribution in [3.05, 3.63) is 111 Å². The number of hydrogen-bond acceptors (Lipinski definition) is 6. The zero-order chi connectivity index (χ0) is 27.6. The molecular formula is C30H19Br2N3O5. The molecule has 6 rings (SSSR count). The number of carbonyl (C=O) groups excluding carboxylic acids is 2. The molecule has 8 nitrogen and oxygen atoms in total. The normalized spacial score (nSPS) is 12.2. The molecule has 0 aliphatic carbocycles. The van der Waals surface area contributed by atoms with Crippen molar-refractivity contribution in [2.45, 2.75) is 0 Å². The van der Waals surface area contributed by atoms with E-state index in [-0.39, 0.29) is 12.5 Å². The van der Waals surface area contributed by atoms with Crippen LogP contribution in [0.4, 0.5) is 0 Å². The zero-order valence-electron chi connectivity index (χ0n) is 20.6. The molecule has 0 saturated carbocycles. The lowest BCUT2D eigenvalue weighted by molar-refractivity contribution is 0.0732. The number of amides is 1. The molecule has 1 aliphatic rings. The first-order chi connectivity index (χ1) is 19.5. The Morgan fingerprint density at radius 1 is 0.925 bits per heavy atom. The van der Waals surface area contributed by atoms with Crippen molar-refractivity contribution in [1.29, 1.82) is 0 Å². The van der Waals surface area contributed by atoms with E-state index in [2.05, 4.69) is 47.4 Å². The lowest BCUT2D eigenvalue weighted by Gasteiger charge is -2.11. The van der Waals surface area contributed by atoms with E-state index in [1.807, 2.05) is 54.6 Å². The lowest BCUT2D eigenvalue weighted by atomic mass is 10.0. The van der Waals surface area contributed by atoms with Crippen molar-refractivity contribution in [1.82, 2.24) is 10.4 Å². The summed E-state index contributed by atoms with van der Waals surface area (Å²) in [5.41, 5.74) is 6.25. The number of carbonyl (C=O) groups is 2. The predicted octanol–water partition coefficient (Wildman–Crippen LogP) is 7.07. The van der Waals surface area contributed by atoms with Gasteiger partial charge in [-0.1, -0.05) is 64.5 Å². The van der Waals surface area contributed by atoms with Gasteiger partial charge in [0.1, 0.15) is 5.69 Å². The van der Waals surface area contributed by atoms with E-state index in [4.69, 9.17) is 14.2 Å². The van der Waals surface area contributed by atoms with Gasteiger partial charge in [0.2, 0.25) is 6.79 Å². The van der Waals surface area contributed by atoms with Crippen LogP contribution in [0.5, 0.6) is 17.2 Å².